The van der Waals surface area contributed by atoms with Gasteiger partial charge in [-0.05, 0) is 30.2 Å². The third kappa shape index (κ3) is 4.91. The number of halogens is 4. The van der Waals surface area contributed by atoms with Gasteiger partial charge in [0.2, 0.25) is 0 Å². The molecule has 1 unspecified atom stereocenters. The number of nitrogens with zero attached hydrogens (tertiary/aromatic N) is 2. The van der Waals surface area contributed by atoms with Crippen LogP contribution in [0.25, 0.3) is 0 Å². The second-order valence-electron chi connectivity index (χ2n) is 6.16. The van der Waals surface area contributed by atoms with Gasteiger partial charge in [0.25, 0.3) is 0 Å². The van der Waals surface area contributed by atoms with Crippen LogP contribution in [0, 0.1) is 0 Å². The summed E-state index contributed by atoms with van der Waals surface area (Å²) >= 11 is 24.6. The van der Waals surface area contributed by atoms with E-state index in [4.69, 9.17) is 51.1 Å². The summed E-state index contributed by atoms with van der Waals surface area (Å²) in [5.74, 6) is 0.683. The molecule has 142 valence electrons. The van der Waals surface area contributed by atoms with Crippen molar-refractivity contribution < 1.29 is 4.74 Å². The van der Waals surface area contributed by atoms with Crippen LogP contribution in [0.15, 0.2) is 49.1 Å². The minimum Gasteiger partial charge on any atom is -0.488 e. The molecule has 0 N–H and O–H groups in total. The molecule has 0 radical (unpaired) electrons. The SMILES string of the molecule is CCCC(c1cc(Cl)c(Cl)cc1OCc1ccc(Cl)c(Cl)c1)n1ccnc1. The molecule has 0 saturated carbocycles. The van der Waals surface area contributed by atoms with Gasteiger partial charge in [0.15, 0.2) is 0 Å². The van der Waals surface area contributed by atoms with E-state index in [1.54, 1.807) is 30.7 Å². The van der Waals surface area contributed by atoms with Gasteiger partial charge in [0, 0.05) is 24.0 Å². The number of aromatic nitrogens is 2. The van der Waals surface area contributed by atoms with Crippen LogP contribution in [0.3, 0.4) is 0 Å². The Morgan fingerprint density at radius 1 is 1.00 bits per heavy atom. The zero-order chi connectivity index (χ0) is 19.4. The Labute approximate surface area is 178 Å². The Balaban J connectivity index is 1.93. The zero-order valence-electron chi connectivity index (χ0n) is 14.6. The monoisotopic (exact) mass is 442 g/mol. The molecule has 0 fully saturated rings. The largest absolute Gasteiger partial charge is 0.488 e. The normalized spacial score (nSPS) is 12.2. The maximum atomic E-state index is 6.30. The van der Waals surface area contributed by atoms with E-state index < -0.39 is 0 Å². The zero-order valence-corrected chi connectivity index (χ0v) is 17.7. The molecule has 2 aromatic carbocycles. The minimum atomic E-state index is 0.0519. The van der Waals surface area contributed by atoms with Crippen molar-refractivity contribution in [1.82, 2.24) is 9.55 Å². The lowest BCUT2D eigenvalue weighted by Gasteiger charge is -2.22. The summed E-state index contributed by atoms with van der Waals surface area (Å²) in [7, 11) is 0. The molecule has 1 heterocycles. The van der Waals surface area contributed by atoms with Gasteiger partial charge >= 0.3 is 0 Å². The van der Waals surface area contributed by atoms with E-state index in [0.717, 1.165) is 24.0 Å². The number of benzene rings is 2. The van der Waals surface area contributed by atoms with Gasteiger partial charge in [0.1, 0.15) is 12.4 Å². The van der Waals surface area contributed by atoms with Crippen molar-refractivity contribution >= 4 is 46.4 Å². The summed E-state index contributed by atoms with van der Waals surface area (Å²) in [6.45, 7) is 2.47. The van der Waals surface area contributed by atoms with Gasteiger partial charge in [-0.15, -0.1) is 0 Å². The molecule has 27 heavy (non-hydrogen) atoms. The molecule has 0 aliphatic rings. The van der Waals surface area contributed by atoms with E-state index in [0.29, 0.717) is 32.4 Å². The van der Waals surface area contributed by atoms with Gasteiger partial charge in [-0.3, -0.25) is 0 Å². The quantitative estimate of drug-likeness (QED) is 0.378. The maximum Gasteiger partial charge on any atom is 0.126 e. The second kappa shape index (κ2) is 9.20. The molecule has 0 aliphatic carbocycles. The van der Waals surface area contributed by atoms with Gasteiger partial charge in [-0.2, -0.15) is 0 Å². The van der Waals surface area contributed by atoms with Crippen LogP contribution in [0.5, 0.6) is 5.75 Å². The average molecular weight is 444 g/mol. The second-order valence-corrected chi connectivity index (χ2v) is 7.78. The van der Waals surface area contributed by atoms with E-state index in [1.807, 2.05) is 18.3 Å². The molecule has 0 saturated heterocycles. The van der Waals surface area contributed by atoms with Crippen LogP contribution in [0.2, 0.25) is 20.1 Å². The third-order valence-electron chi connectivity index (χ3n) is 4.24. The van der Waals surface area contributed by atoms with Gasteiger partial charge in [0.05, 0.1) is 32.5 Å². The molecule has 3 nitrogen and oxygen atoms in total. The van der Waals surface area contributed by atoms with Crippen molar-refractivity contribution in [1.29, 1.82) is 0 Å². The minimum absolute atomic E-state index is 0.0519. The molecule has 1 aromatic heterocycles. The number of hydrogen-bond acceptors (Lipinski definition) is 2. The Morgan fingerprint density at radius 3 is 2.41 bits per heavy atom. The summed E-state index contributed by atoms with van der Waals surface area (Å²) in [5, 5.41) is 1.95. The van der Waals surface area contributed by atoms with Gasteiger partial charge < -0.3 is 9.30 Å². The molecule has 0 aliphatic heterocycles. The predicted molar refractivity (Wildman–Crippen MR) is 113 cm³/mol. The highest BCUT2D eigenvalue weighted by atomic mass is 35.5. The van der Waals surface area contributed by atoms with Crippen molar-refractivity contribution in [2.24, 2.45) is 0 Å². The molecule has 7 heteroatoms. The van der Waals surface area contributed by atoms with Crippen LogP contribution >= 0.6 is 46.4 Å². The topological polar surface area (TPSA) is 27.1 Å². The molecule has 0 amide bonds. The van der Waals surface area contributed by atoms with Crippen LogP contribution in [-0.2, 0) is 6.61 Å². The first-order valence-corrected chi connectivity index (χ1v) is 10.0. The summed E-state index contributed by atoms with van der Waals surface area (Å²) in [5.41, 5.74) is 1.88. The fourth-order valence-corrected chi connectivity index (χ4v) is 3.56. The van der Waals surface area contributed by atoms with Crippen LogP contribution in [0.1, 0.15) is 36.9 Å². The Kier molecular flexibility index (Phi) is 6.93. The molecule has 1 atom stereocenters. The molecule has 0 spiro atoms. The number of hydrogen-bond donors (Lipinski definition) is 0. The van der Waals surface area contributed by atoms with Gasteiger partial charge in [-0.1, -0.05) is 65.8 Å². The fraction of sp³-hybridized carbons (Fsp3) is 0.250. The van der Waals surface area contributed by atoms with E-state index in [1.165, 1.54) is 0 Å². The van der Waals surface area contributed by atoms with E-state index >= 15 is 0 Å². The van der Waals surface area contributed by atoms with E-state index in [-0.39, 0.29) is 6.04 Å². The third-order valence-corrected chi connectivity index (χ3v) is 5.70. The highest BCUT2D eigenvalue weighted by Gasteiger charge is 2.20. The predicted octanol–water partition coefficient (Wildman–Crippen LogP) is 7.47. The lowest BCUT2D eigenvalue weighted by molar-refractivity contribution is 0.298. The van der Waals surface area contributed by atoms with Crippen LogP contribution < -0.4 is 4.74 Å². The van der Waals surface area contributed by atoms with E-state index in [2.05, 4.69) is 16.5 Å². The van der Waals surface area contributed by atoms with Crippen LogP contribution in [-0.4, -0.2) is 9.55 Å². The first-order valence-electron chi connectivity index (χ1n) is 8.52. The molecule has 3 rings (SSSR count). The first-order chi connectivity index (χ1) is 13.0. The lowest BCUT2D eigenvalue weighted by atomic mass is 10.0. The molecular formula is C20H18Cl4N2O. The fourth-order valence-electron chi connectivity index (χ4n) is 2.91. The number of ether oxygens (including phenoxy) is 1. The van der Waals surface area contributed by atoms with Crippen molar-refractivity contribution in [3.63, 3.8) is 0 Å². The standard InChI is InChI=1S/C20H18Cl4N2O/c1-2-3-19(26-7-6-25-12-26)14-9-17(23)18(24)10-20(14)27-11-13-4-5-15(21)16(22)8-13/h4-10,12,19H,2-3,11H2,1H3. The van der Waals surface area contributed by atoms with Gasteiger partial charge in [-0.25, -0.2) is 4.98 Å². The Hall–Kier alpha value is -1.39. The highest BCUT2D eigenvalue weighted by molar-refractivity contribution is 6.42. The van der Waals surface area contributed by atoms with Crippen molar-refractivity contribution in [3.8, 4) is 5.75 Å². The Bertz CT molecular complexity index is 913. The summed E-state index contributed by atoms with van der Waals surface area (Å²) in [4.78, 5) is 4.17. The average Bonchev–Trinajstić information content (AvgIpc) is 3.17. The summed E-state index contributed by atoms with van der Waals surface area (Å²) in [6, 6.07) is 9.11. The van der Waals surface area contributed by atoms with Crippen molar-refractivity contribution in [3.05, 3.63) is 80.3 Å². The Morgan fingerprint density at radius 2 is 1.74 bits per heavy atom. The van der Waals surface area contributed by atoms with E-state index in [9.17, 15) is 0 Å². The maximum absolute atomic E-state index is 6.30. The number of rotatable bonds is 7. The first kappa shape index (κ1) is 20.3. The summed E-state index contributed by atoms with van der Waals surface area (Å²) < 4.78 is 8.15. The number of imidazole rings is 1. The lowest BCUT2D eigenvalue weighted by Crippen LogP contribution is -2.11. The molecular weight excluding hydrogens is 426 g/mol. The molecule has 3 aromatic rings. The highest BCUT2D eigenvalue weighted by Crippen LogP contribution is 2.38. The summed E-state index contributed by atoms with van der Waals surface area (Å²) in [6.07, 6.45) is 7.40. The smallest absolute Gasteiger partial charge is 0.126 e. The van der Waals surface area contributed by atoms with Crippen LogP contribution in [0.4, 0.5) is 0 Å². The van der Waals surface area contributed by atoms with Crippen molar-refractivity contribution in [2.45, 2.75) is 32.4 Å². The van der Waals surface area contributed by atoms with Crippen molar-refractivity contribution in [2.75, 3.05) is 0 Å². The molecule has 0 bridgehead atoms.